The van der Waals surface area contributed by atoms with E-state index in [1.807, 2.05) is 24.3 Å². The Kier molecular flexibility index (Phi) is 8.40. The molecule has 0 unspecified atom stereocenters. The molecule has 1 aliphatic heterocycles. The van der Waals surface area contributed by atoms with Gasteiger partial charge >= 0.3 is 11.9 Å². The van der Waals surface area contributed by atoms with Crippen molar-refractivity contribution in [1.29, 1.82) is 0 Å². The molecule has 1 saturated heterocycles. The van der Waals surface area contributed by atoms with Gasteiger partial charge in [-0.25, -0.2) is 9.59 Å². The molecule has 0 radical (unpaired) electrons. The number of ether oxygens (including phenoxy) is 2. The van der Waals surface area contributed by atoms with Crippen LogP contribution in [-0.2, 0) is 14.3 Å². The number of benzene rings is 1. The Labute approximate surface area is 151 Å². The normalized spacial score (nSPS) is 15.2. The van der Waals surface area contributed by atoms with Crippen molar-refractivity contribution < 1.29 is 29.3 Å². The highest BCUT2D eigenvalue weighted by Crippen LogP contribution is 2.29. The second-order valence-electron chi connectivity index (χ2n) is 5.98. The van der Waals surface area contributed by atoms with Crippen LogP contribution in [0.1, 0.15) is 0 Å². The van der Waals surface area contributed by atoms with Gasteiger partial charge in [-0.15, -0.1) is 0 Å². The molecule has 1 fully saturated rings. The Balaban J connectivity index is 0.000000333. The lowest BCUT2D eigenvalue weighted by atomic mass is 9.86. The van der Waals surface area contributed by atoms with E-state index in [2.05, 4.69) is 19.0 Å². The maximum Gasteiger partial charge on any atom is 0.328 e. The van der Waals surface area contributed by atoms with Crippen molar-refractivity contribution in [2.24, 2.45) is 5.41 Å². The fourth-order valence-corrected chi connectivity index (χ4v) is 2.32. The van der Waals surface area contributed by atoms with E-state index >= 15 is 0 Å². The molecule has 138 valence electrons. The Morgan fingerprint density at radius 2 is 1.72 bits per heavy atom. The molecule has 8 heteroatoms. The lowest BCUT2D eigenvalue weighted by molar-refractivity contribution is -0.140. The predicted molar refractivity (Wildman–Crippen MR) is 93.2 cm³/mol. The number of halogens is 1. The van der Waals surface area contributed by atoms with E-state index in [0.717, 1.165) is 30.5 Å². The summed E-state index contributed by atoms with van der Waals surface area (Å²) in [4.78, 5) is 21.3. The van der Waals surface area contributed by atoms with Gasteiger partial charge in [0.15, 0.2) is 0 Å². The summed E-state index contributed by atoms with van der Waals surface area (Å²) in [5.74, 6) is -1.65. The summed E-state index contributed by atoms with van der Waals surface area (Å²) in [7, 11) is 4.14. The first-order valence-corrected chi connectivity index (χ1v) is 7.85. The third-order valence-corrected chi connectivity index (χ3v) is 3.45. The molecular weight excluding hydrogens is 350 g/mol. The van der Waals surface area contributed by atoms with E-state index in [1.165, 1.54) is 0 Å². The molecule has 0 aliphatic carbocycles. The van der Waals surface area contributed by atoms with E-state index in [-0.39, 0.29) is 5.41 Å². The third kappa shape index (κ3) is 8.53. The van der Waals surface area contributed by atoms with Crippen molar-refractivity contribution in [3.05, 3.63) is 41.4 Å². The zero-order valence-electron chi connectivity index (χ0n) is 14.1. The highest BCUT2D eigenvalue weighted by molar-refractivity contribution is 6.30. The number of aliphatic carboxylic acids is 2. The summed E-state index contributed by atoms with van der Waals surface area (Å²) in [5, 5.41) is 16.4. The number of carboxylic acid groups (broad SMARTS) is 2. The number of hydrogen-bond donors (Lipinski definition) is 2. The van der Waals surface area contributed by atoms with Crippen molar-refractivity contribution in [2.75, 3.05) is 40.5 Å². The Hall–Kier alpha value is -2.09. The monoisotopic (exact) mass is 371 g/mol. The first-order chi connectivity index (χ1) is 11.7. The summed E-state index contributed by atoms with van der Waals surface area (Å²) >= 11 is 5.83. The Morgan fingerprint density at radius 1 is 1.20 bits per heavy atom. The number of hydrogen-bond acceptors (Lipinski definition) is 5. The SMILES string of the molecule is CN(C)CC1(COc2ccc(Cl)cc2)COC1.O=C(O)/C=C\C(=O)O. The molecule has 2 rings (SSSR count). The predicted octanol–water partition coefficient (Wildman–Crippen LogP) is 2.01. The molecule has 7 nitrogen and oxygen atoms in total. The molecule has 0 aromatic heterocycles. The molecule has 0 bridgehead atoms. The van der Waals surface area contributed by atoms with Crippen molar-refractivity contribution in [3.63, 3.8) is 0 Å². The largest absolute Gasteiger partial charge is 0.493 e. The number of carboxylic acids is 2. The van der Waals surface area contributed by atoms with E-state index in [0.29, 0.717) is 18.8 Å². The molecule has 0 saturated carbocycles. The van der Waals surface area contributed by atoms with Crippen LogP contribution in [0.15, 0.2) is 36.4 Å². The molecule has 0 spiro atoms. The van der Waals surface area contributed by atoms with Gasteiger partial charge in [0.2, 0.25) is 0 Å². The molecule has 1 heterocycles. The zero-order valence-corrected chi connectivity index (χ0v) is 14.9. The van der Waals surface area contributed by atoms with Crippen LogP contribution in [0, 0.1) is 5.41 Å². The van der Waals surface area contributed by atoms with Gasteiger partial charge in [-0.3, -0.25) is 0 Å². The second-order valence-corrected chi connectivity index (χ2v) is 6.42. The number of nitrogens with zero attached hydrogens (tertiary/aromatic N) is 1. The molecule has 1 aromatic carbocycles. The summed E-state index contributed by atoms with van der Waals surface area (Å²) < 4.78 is 11.1. The van der Waals surface area contributed by atoms with Crippen LogP contribution in [0.5, 0.6) is 5.75 Å². The van der Waals surface area contributed by atoms with Gasteiger partial charge in [0.1, 0.15) is 5.75 Å². The van der Waals surface area contributed by atoms with Gasteiger partial charge < -0.3 is 24.6 Å². The Morgan fingerprint density at radius 3 is 2.08 bits per heavy atom. The van der Waals surface area contributed by atoms with Crippen LogP contribution in [0.25, 0.3) is 0 Å². The van der Waals surface area contributed by atoms with Gasteiger partial charge in [-0.2, -0.15) is 0 Å². The van der Waals surface area contributed by atoms with Crippen LogP contribution >= 0.6 is 11.6 Å². The fourth-order valence-electron chi connectivity index (χ4n) is 2.19. The van der Waals surface area contributed by atoms with Crippen molar-refractivity contribution in [3.8, 4) is 5.75 Å². The fraction of sp³-hybridized carbons (Fsp3) is 0.412. The van der Waals surface area contributed by atoms with Crippen LogP contribution < -0.4 is 4.74 Å². The average Bonchev–Trinajstić information content (AvgIpc) is 2.49. The maximum atomic E-state index is 9.55. The molecule has 25 heavy (non-hydrogen) atoms. The summed E-state index contributed by atoms with van der Waals surface area (Å²) in [6.07, 6.45) is 1.12. The van der Waals surface area contributed by atoms with Crippen LogP contribution in [0.3, 0.4) is 0 Å². The van der Waals surface area contributed by atoms with Gasteiger partial charge in [0.05, 0.1) is 25.2 Å². The van der Waals surface area contributed by atoms with Crippen molar-refractivity contribution in [1.82, 2.24) is 4.90 Å². The van der Waals surface area contributed by atoms with Gasteiger partial charge in [-0.1, -0.05) is 11.6 Å². The highest BCUT2D eigenvalue weighted by Gasteiger charge is 2.40. The van der Waals surface area contributed by atoms with Gasteiger partial charge in [0, 0.05) is 23.7 Å². The van der Waals surface area contributed by atoms with E-state index in [9.17, 15) is 9.59 Å². The van der Waals surface area contributed by atoms with Crippen LogP contribution in [0.4, 0.5) is 0 Å². The van der Waals surface area contributed by atoms with E-state index in [4.69, 9.17) is 31.3 Å². The lowest BCUT2D eigenvalue weighted by Gasteiger charge is -2.42. The molecule has 1 aliphatic rings. The minimum atomic E-state index is -1.26. The second kappa shape index (κ2) is 10.0. The first kappa shape index (κ1) is 21.0. The molecule has 2 N–H and O–H groups in total. The number of rotatable bonds is 7. The minimum Gasteiger partial charge on any atom is -0.493 e. The quantitative estimate of drug-likeness (QED) is 0.707. The Bertz CT molecular complexity index is 580. The van der Waals surface area contributed by atoms with Crippen LogP contribution in [-0.4, -0.2) is 67.5 Å². The molecule has 0 atom stereocenters. The molecule has 0 amide bonds. The van der Waals surface area contributed by atoms with Crippen LogP contribution in [0.2, 0.25) is 5.02 Å². The number of carbonyl (C=O) groups is 2. The third-order valence-electron chi connectivity index (χ3n) is 3.20. The summed E-state index contributed by atoms with van der Waals surface area (Å²) in [6, 6.07) is 7.47. The topological polar surface area (TPSA) is 96.3 Å². The van der Waals surface area contributed by atoms with Gasteiger partial charge in [-0.05, 0) is 38.4 Å². The lowest BCUT2D eigenvalue weighted by Crippen LogP contribution is -2.53. The average molecular weight is 372 g/mol. The van der Waals surface area contributed by atoms with E-state index < -0.39 is 11.9 Å². The maximum absolute atomic E-state index is 9.55. The van der Waals surface area contributed by atoms with Crippen molar-refractivity contribution in [2.45, 2.75) is 0 Å². The first-order valence-electron chi connectivity index (χ1n) is 7.47. The molecule has 1 aromatic rings. The highest BCUT2D eigenvalue weighted by atomic mass is 35.5. The van der Waals surface area contributed by atoms with Gasteiger partial charge in [0.25, 0.3) is 0 Å². The summed E-state index contributed by atoms with van der Waals surface area (Å²) in [5.41, 5.74) is 0.142. The smallest absolute Gasteiger partial charge is 0.328 e. The standard InChI is InChI=1S/C13H18ClNO2.C4H4O4/c1-15(2)7-13(8-16-9-13)10-17-12-5-3-11(14)4-6-12;5-3(6)1-2-4(7)8/h3-6H,7-10H2,1-2H3;1-2H,(H,5,6)(H,7,8)/b;2-1-. The molecular formula is C17H22ClNO6. The minimum absolute atomic E-state index is 0.142. The van der Waals surface area contributed by atoms with Crippen molar-refractivity contribution >= 4 is 23.5 Å². The summed E-state index contributed by atoms with van der Waals surface area (Å²) in [6.45, 7) is 3.23. The van der Waals surface area contributed by atoms with E-state index in [1.54, 1.807) is 0 Å². The zero-order chi connectivity index (χ0) is 18.9.